The fourth-order valence-corrected chi connectivity index (χ4v) is 1.81. The molecule has 0 aliphatic carbocycles. The van der Waals surface area contributed by atoms with Gasteiger partial charge in [-0.05, 0) is 18.2 Å². The van der Waals surface area contributed by atoms with E-state index in [-0.39, 0.29) is 0 Å². The third-order valence-corrected chi connectivity index (χ3v) is 2.54. The monoisotopic (exact) mass is 225 g/mol. The Morgan fingerprint density at radius 3 is 2.50 bits per heavy atom. The van der Waals surface area contributed by atoms with E-state index >= 15 is 0 Å². The minimum Gasteiger partial charge on any atom is -0.349 e. The van der Waals surface area contributed by atoms with Gasteiger partial charge in [-0.1, -0.05) is 15.9 Å². The zero-order valence-electron chi connectivity index (χ0n) is 7.08. The van der Waals surface area contributed by atoms with E-state index in [0.717, 1.165) is 4.47 Å². The molecule has 0 N–H and O–H groups in total. The molecule has 0 fully saturated rings. The molecule has 0 spiro atoms. The minimum atomic E-state index is 1.12. The predicted molar refractivity (Wildman–Crippen MR) is 55.2 cm³/mol. The van der Waals surface area contributed by atoms with Crippen molar-refractivity contribution in [3.8, 4) is 0 Å². The topological polar surface area (TPSA) is 6.48 Å². The van der Waals surface area contributed by atoms with E-state index in [9.17, 15) is 0 Å². The van der Waals surface area contributed by atoms with E-state index in [0.29, 0.717) is 0 Å². The van der Waals surface area contributed by atoms with Gasteiger partial charge in [0.05, 0.1) is 11.4 Å². The molecule has 0 amide bonds. The quantitative estimate of drug-likeness (QED) is 0.670. The van der Waals surface area contributed by atoms with Crippen LogP contribution in [0.25, 0.3) is 0 Å². The van der Waals surface area contributed by atoms with E-state index < -0.39 is 0 Å². The number of nitrogens with zero attached hydrogens (tertiary/aromatic N) is 2. The zero-order chi connectivity index (χ0) is 8.72. The summed E-state index contributed by atoms with van der Waals surface area (Å²) in [5, 5.41) is 0. The van der Waals surface area contributed by atoms with E-state index in [1.807, 2.05) is 0 Å². The average Bonchev–Trinajstić information content (AvgIpc) is 2.28. The molecule has 1 radical (unpaired) electrons. The summed E-state index contributed by atoms with van der Waals surface area (Å²) in [6.07, 6.45) is 0. The van der Waals surface area contributed by atoms with Crippen molar-refractivity contribution in [3.63, 3.8) is 0 Å². The van der Waals surface area contributed by atoms with Crippen LogP contribution >= 0.6 is 15.9 Å². The summed E-state index contributed by atoms with van der Waals surface area (Å²) in [6.45, 7) is 2.07. The number of fused-ring (bicyclic) bond motifs is 1. The molecule has 0 bridgehead atoms. The zero-order valence-corrected chi connectivity index (χ0v) is 8.67. The third-order valence-electron chi connectivity index (χ3n) is 2.04. The van der Waals surface area contributed by atoms with Gasteiger partial charge in [0.25, 0.3) is 0 Å². The molecule has 0 atom stereocenters. The Morgan fingerprint density at radius 1 is 1.08 bits per heavy atom. The van der Waals surface area contributed by atoms with Crippen LogP contribution in [0.2, 0.25) is 0 Å². The predicted octanol–water partition coefficient (Wildman–Crippen LogP) is 2.45. The molecule has 1 heterocycles. The highest BCUT2D eigenvalue weighted by molar-refractivity contribution is 9.10. The Kier molecular flexibility index (Phi) is 1.76. The second-order valence-electron chi connectivity index (χ2n) is 2.97. The van der Waals surface area contributed by atoms with Gasteiger partial charge in [-0.2, -0.15) is 0 Å². The Labute approximate surface area is 80.9 Å². The van der Waals surface area contributed by atoms with Crippen molar-refractivity contribution in [1.82, 2.24) is 0 Å². The summed E-state index contributed by atoms with van der Waals surface area (Å²) in [7, 11) is 4.10. The van der Waals surface area contributed by atoms with Crippen LogP contribution in [0.15, 0.2) is 22.7 Å². The van der Waals surface area contributed by atoms with Crippen LogP contribution in [-0.2, 0) is 0 Å². The van der Waals surface area contributed by atoms with Gasteiger partial charge in [-0.25, -0.2) is 0 Å². The lowest BCUT2D eigenvalue weighted by atomic mass is 10.2. The van der Waals surface area contributed by atoms with Crippen LogP contribution in [0, 0.1) is 6.67 Å². The van der Waals surface area contributed by atoms with E-state index in [4.69, 9.17) is 0 Å². The molecule has 1 aromatic rings. The van der Waals surface area contributed by atoms with Crippen molar-refractivity contribution in [1.29, 1.82) is 0 Å². The normalized spacial score (nSPS) is 15.2. The maximum Gasteiger partial charge on any atom is 0.141 e. The summed E-state index contributed by atoms with van der Waals surface area (Å²) in [5.41, 5.74) is 2.49. The second kappa shape index (κ2) is 2.66. The molecule has 0 saturated heterocycles. The highest BCUT2D eigenvalue weighted by Gasteiger charge is 2.20. The third kappa shape index (κ3) is 1.08. The van der Waals surface area contributed by atoms with Crippen LogP contribution in [-0.4, -0.2) is 14.1 Å². The number of hydrogen-bond donors (Lipinski definition) is 0. The van der Waals surface area contributed by atoms with Crippen molar-refractivity contribution < 1.29 is 0 Å². The molecule has 12 heavy (non-hydrogen) atoms. The molecule has 3 heteroatoms. The Morgan fingerprint density at radius 2 is 1.75 bits per heavy atom. The molecule has 0 saturated carbocycles. The first-order valence-corrected chi connectivity index (χ1v) is 4.58. The van der Waals surface area contributed by atoms with Gasteiger partial charge in [0, 0.05) is 18.6 Å². The first-order chi connectivity index (χ1) is 5.68. The van der Waals surface area contributed by atoms with Crippen molar-refractivity contribution in [2.45, 2.75) is 0 Å². The largest absolute Gasteiger partial charge is 0.349 e. The summed E-state index contributed by atoms with van der Waals surface area (Å²) >= 11 is 3.45. The van der Waals surface area contributed by atoms with E-state index in [2.05, 4.69) is 64.7 Å². The lowest BCUT2D eigenvalue weighted by Gasteiger charge is -2.10. The second-order valence-corrected chi connectivity index (χ2v) is 3.89. The van der Waals surface area contributed by atoms with Crippen molar-refractivity contribution in [2.75, 3.05) is 23.9 Å². The van der Waals surface area contributed by atoms with Crippen molar-refractivity contribution in [3.05, 3.63) is 29.3 Å². The lowest BCUT2D eigenvalue weighted by Crippen LogP contribution is -2.16. The van der Waals surface area contributed by atoms with Crippen LogP contribution in [0.1, 0.15) is 0 Å². The maximum absolute atomic E-state index is 3.45. The minimum absolute atomic E-state index is 1.12. The van der Waals surface area contributed by atoms with E-state index in [1.54, 1.807) is 0 Å². The van der Waals surface area contributed by atoms with E-state index in [1.165, 1.54) is 11.4 Å². The van der Waals surface area contributed by atoms with Crippen LogP contribution in [0.3, 0.4) is 0 Å². The van der Waals surface area contributed by atoms with Crippen LogP contribution in [0.4, 0.5) is 11.4 Å². The van der Waals surface area contributed by atoms with Gasteiger partial charge >= 0.3 is 0 Å². The first-order valence-electron chi connectivity index (χ1n) is 3.79. The van der Waals surface area contributed by atoms with Crippen molar-refractivity contribution in [2.24, 2.45) is 0 Å². The Balaban J connectivity index is 2.53. The average molecular weight is 226 g/mol. The molecule has 0 unspecified atom stereocenters. The van der Waals surface area contributed by atoms with Crippen LogP contribution in [0.5, 0.6) is 0 Å². The SMILES string of the molecule is CN1[CH]N(C)c2cc(Br)ccc21. The molecule has 63 valence electrons. The summed E-state index contributed by atoms with van der Waals surface area (Å²) in [4.78, 5) is 4.22. The van der Waals surface area contributed by atoms with Gasteiger partial charge in [0.1, 0.15) is 6.67 Å². The van der Waals surface area contributed by atoms with Gasteiger partial charge in [0.2, 0.25) is 0 Å². The fraction of sp³-hybridized carbons (Fsp3) is 0.222. The highest BCUT2D eigenvalue weighted by Crippen LogP contribution is 2.37. The number of rotatable bonds is 0. The van der Waals surface area contributed by atoms with Gasteiger partial charge in [0.15, 0.2) is 0 Å². The Bertz CT molecular complexity index is 311. The number of anilines is 2. The molecule has 1 aliphatic rings. The molecule has 1 aromatic carbocycles. The molecule has 2 rings (SSSR count). The fourth-order valence-electron chi connectivity index (χ4n) is 1.46. The van der Waals surface area contributed by atoms with Crippen LogP contribution < -0.4 is 9.80 Å². The molecular weight excluding hydrogens is 216 g/mol. The maximum atomic E-state index is 3.45. The summed E-state index contributed by atoms with van der Waals surface area (Å²) in [6, 6.07) is 6.29. The van der Waals surface area contributed by atoms with Crippen molar-refractivity contribution >= 4 is 27.3 Å². The summed E-state index contributed by atoms with van der Waals surface area (Å²) in [5.74, 6) is 0. The standard InChI is InChI=1S/C9H10BrN2/c1-11-6-12(2)9-5-7(10)3-4-8(9)11/h3-6H,1-2H3. The van der Waals surface area contributed by atoms with Gasteiger partial charge < -0.3 is 9.80 Å². The highest BCUT2D eigenvalue weighted by atomic mass is 79.9. The lowest BCUT2D eigenvalue weighted by molar-refractivity contribution is 1.04. The molecule has 1 aliphatic heterocycles. The summed E-state index contributed by atoms with van der Waals surface area (Å²) < 4.78 is 1.12. The van der Waals surface area contributed by atoms with Gasteiger partial charge in [-0.15, -0.1) is 0 Å². The number of hydrogen-bond acceptors (Lipinski definition) is 2. The first kappa shape index (κ1) is 7.92. The smallest absolute Gasteiger partial charge is 0.141 e. The number of benzene rings is 1. The number of halogens is 1. The molecular formula is C9H10BrN2. The molecule has 2 nitrogen and oxygen atoms in total. The molecule has 0 aromatic heterocycles. The van der Waals surface area contributed by atoms with Gasteiger partial charge in [-0.3, -0.25) is 0 Å². The Hall–Kier alpha value is -0.700.